The van der Waals surface area contributed by atoms with E-state index in [1.54, 1.807) is 4.90 Å². The van der Waals surface area contributed by atoms with Crippen molar-refractivity contribution in [2.24, 2.45) is 5.73 Å². The van der Waals surface area contributed by atoms with Gasteiger partial charge in [0, 0.05) is 47.7 Å². The standard InChI is InChI=1S/C22H28IN5O2/c1-25-19-6-2-16(3-7-19)12-26-21(29)14-28(20-8-4-17(23)5-9-20)15-22(30)27-11-10-18(24)13-27/h2-9,18,25H,10-15,24H2,1H3,(H,26,29). The Morgan fingerprint density at radius 2 is 1.83 bits per heavy atom. The molecular formula is C22H28IN5O2. The Morgan fingerprint density at radius 3 is 2.43 bits per heavy atom. The smallest absolute Gasteiger partial charge is 0.242 e. The number of nitrogens with one attached hydrogen (secondary N) is 2. The van der Waals surface area contributed by atoms with Crippen molar-refractivity contribution in [1.29, 1.82) is 0 Å². The number of hydrogen-bond acceptors (Lipinski definition) is 5. The van der Waals surface area contributed by atoms with E-state index in [0.29, 0.717) is 19.6 Å². The van der Waals surface area contributed by atoms with Gasteiger partial charge in [0.1, 0.15) is 0 Å². The Bertz CT molecular complexity index is 857. The van der Waals surface area contributed by atoms with Gasteiger partial charge in [-0.05, 0) is 71.0 Å². The molecule has 0 aromatic heterocycles. The predicted molar refractivity (Wildman–Crippen MR) is 128 cm³/mol. The molecule has 1 saturated heterocycles. The highest BCUT2D eigenvalue weighted by Gasteiger charge is 2.25. The fourth-order valence-corrected chi connectivity index (χ4v) is 3.75. The number of hydrogen-bond donors (Lipinski definition) is 3. The maximum absolute atomic E-state index is 12.8. The van der Waals surface area contributed by atoms with Crippen LogP contribution in [0.15, 0.2) is 48.5 Å². The summed E-state index contributed by atoms with van der Waals surface area (Å²) < 4.78 is 1.10. The lowest BCUT2D eigenvalue weighted by atomic mass is 10.2. The minimum Gasteiger partial charge on any atom is -0.388 e. The van der Waals surface area contributed by atoms with E-state index >= 15 is 0 Å². The predicted octanol–water partition coefficient (Wildman–Crippen LogP) is 2.02. The van der Waals surface area contributed by atoms with Crippen LogP contribution in [0.3, 0.4) is 0 Å². The maximum Gasteiger partial charge on any atom is 0.242 e. The minimum absolute atomic E-state index is 0.00282. The van der Waals surface area contributed by atoms with Crippen LogP contribution >= 0.6 is 22.6 Å². The Hall–Kier alpha value is -2.33. The van der Waals surface area contributed by atoms with E-state index in [0.717, 1.165) is 26.9 Å². The van der Waals surface area contributed by atoms with Gasteiger partial charge in [0.15, 0.2) is 0 Å². The van der Waals surface area contributed by atoms with Crippen LogP contribution in [0.4, 0.5) is 11.4 Å². The first-order valence-corrected chi connectivity index (χ1v) is 11.1. The molecule has 0 radical (unpaired) electrons. The van der Waals surface area contributed by atoms with E-state index in [2.05, 4.69) is 33.2 Å². The summed E-state index contributed by atoms with van der Waals surface area (Å²) in [6, 6.07) is 15.8. The Morgan fingerprint density at radius 1 is 1.13 bits per heavy atom. The lowest BCUT2D eigenvalue weighted by molar-refractivity contribution is -0.128. The molecule has 1 heterocycles. The lowest BCUT2D eigenvalue weighted by Crippen LogP contribution is -2.44. The zero-order chi connectivity index (χ0) is 21.5. The molecule has 2 aromatic carbocycles. The van der Waals surface area contributed by atoms with E-state index in [9.17, 15) is 9.59 Å². The van der Waals surface area contributed by atoms with Gasteiger partial charge in [-0.3, -0.25) is 9.59 Å². The normalized spacial score (nSPS) is 15.7. The van der Waals surface area contributed by atoms with Crippen molar-refractivity contribution < 1.29 is 9.59 Å². The first-order chi connectivity index (χ1) is 14.4. The van der Waals surface area contributed by atoms with Gasteiger partial charge in [0.05, 0.1) is 13.1 Å². The van der Waals surface area contributed by atoms with Gasteiger partial charge in [0.2, 0.25) is 11.8 Å². The first-order valence-electron chi connectivity index (χ1n) is 10.0. The van der Waals surface area contributed by atoms with Crippen LogP contribution in [0.2, 0.25) is 0 Å². The number of anilines is 2. The second kappa shape index (κ2) is 10.6. The van der Waals surface area contributed by atoms with E-state index < -0.39 is 0 Å². The molecule has 0 saturated carbocycles. The number of rotatable bonds is 8. The van der Waals surface area contributed by atoms with Crippen molar-refractivity contribution in [1.82, 2.24) is 10.2 Å². The molecule has 1 aliphatic heterocycles. The summed E-state index contributed by atoms with van der Waals surface area (Å²) >= 11 is 2.24. The number of carbonyl (C=O) groups is 2. The molecule has 2 amide bonds. The highest BCUT2D eigenvalue weighted by atomic mass is 127. The SMILES string of the molecule is CNc1ccc(CNC(=O)CN(CC(=O)N2CCC(N)C2)c2ccc(I)cc2)cc1. The molecule has 1 aliphatic rings. The molecule has 2 aromatic rings. The average molecular weight is 521 g/mol. The third-order valence-electron chi connectivity index (χ3n) is 5.16. The molecular weight excluding hydrogens is 493 g/mol. The van der Waals surface area contributed by atoms with Crippen molar-refractivity contribution in [2.45, 2.75) is 19.0 Å². The molecule has 4 N–H and O–H groups in total. The highest BCUT2D eigenvalue weighted by molar-refractivity contribution is 14.1. The van der Waals surface area contributed by atoms with Crippen molar-refractivity contribution in [2.75, 3.05) is 43.4 Å². The third kappa shape index (κ3) is 6.33. The third-order valence-corrected chi connectivity index (χ3v) is 5.88. The van der Waals surface area contributed by atoms with Crippen LogP contribution in [0.1, 0.15) is 12.0 Å². The summed E-state index contributed by atoms with van der Waals surface area (Å²) in [4.78, 5) is 29.0. The van der Waals surface area contributed by atoms with Crippen LogP contribution < -0.4 is 21.3 Å². The molecule has 160 valence electrons. The van der Waals surface area contributed by atoms with E-state index in [1.165, 1.54) is 0 Å². The number of nitrogens with zero attached hydrogens (tertiary/aromatic N) is 2. The van der Waals surface area contributed by atoms with Crippen molar-refractivity contribution >= 4 is 45.8 Å². The van der Waals surface area contributed by atoms with E-state index in [1.807, 2.05) is 60.5 Å². The van der Waals surface area contributed by atoms with Crippen molar-refractivity contribution in [3.63, 3.8) is 0 Å². The summed E-state index contributed by atoms with van der Waals surface area (Å²) in [5, 5.41) is 6.02. The second-order valence-electron chi connectivity index (χ2n) is 7.44. The maximum atomic E-state index is 12.8. The first kappa shape index (κ1) is 22.4. The summed E-state index contributed by atoms with van der Waals surface area (Å²) in [6.45, 7) is 1.96. The van der Waals surface area contributed by atoms with E-state index in [4.69, 9.17) is 5.73 Å². The molecule has 0 aliphatic carbocycles. The number of benzene rings is 2. The molecule has 7 nitrogen and oxygen atoms in total. The Balaban J connectivity index is 1.62. The molecule has 1 unspecified atom stereocenters. The lowest BCUT2D eigenvalue weighted by Gasteiger charge is -2.26. The second-order valence-corrected chi connectivity index (χ2v) is 8.69. The number of halogens is 1. The fraction of sp³-hybridized carbons (Fsp3) is 0.364. The molecule has 8 heteroatoms. The van der Waals surface area contributed by atoms with Crippen LogP contribution in [-0.2, 0) is 16.1 Å². The topological polar surface area (TPSA) is 90.7 Å². The van der Waals surface area contributed by atoms with Crippen molar-refractivity contribution in [3.05, 3.63) is 57.7 Å². The highest BCUT2D eigenvalue weighted by Crippen LogP contribution is 2.17. The molecule has 1 fully saturated rings. The largest absolute Gasteiger partial charge is 0.388 e. The summed E-state index contributed by atoms with van der Waals surface area (Å²) in [7, 11) is 1.87. The fourth-order valence-electron chi connectivity index (χ4n) is 3.39. The molecule has 0 bridgehead atoms. The number of carbonyl (C=O) groups excluding carboxylic acids is 2. The van der Waals surface area contributed by atoms with Gasteiger partial charge in [-0.2, -0.15) is 0 Å². The Kier molecular flexibility index (Phi) is 7.92. The number of nitrogens with two attached hydrogens (primary N) is 1. The van der Waals surface area contributed by atoms with Gasteiger partial charge in [-0.25, -0.2) is 0 Å². The van der Waals surface area contributed by atoms with Gasteiger partial charge in [-0.15, -0.1) is 0 Å². The molecule has 0 spiro atoms. The average Bonchev–Trinajstić information content (AvgIpc) is 3.19. The quantitative estimate of drug-likeness (QED) is 0.463. The zero-order valence-electron chi connectivity index (χ0n) is 17.1. The summed E-state index contributed by atoms with van der Waals surface area (Å²) in [5.41, 5.74) is 8.83. The van der Waals surface area contributed by atoms with Crippen LogP contribution in [0.25, 0.3) is 0 Å². The van der Waals surface area contributed by atoms with E-state index in [-0.39, 0.29) is 30.9 Å². The number of amides is 2. The van der Waals surface area contributed by atoms with Crippen LogP contribution in [0.5, 0.6) is 0 Å². The van der Waals surface area contributed by atoms with Crippen molar-refractivity contribution in [3.8, 4) is 0 Å². The number of likely N-dealkylation sites (tertiary alicyclic amines) is 1. The molecule has 30 heavy (non-hydrogen) atoms. The zero-order valence-corrected chi connectivity index (χ0v) is 19.3. The summed E-state index contributed by atoms with van der Waals surface area (Å²) in [5.74, 6) is -0.130. The van der Waals surface area contributed by atoms with Gasteiger partial charge in [-0.1, -0.05) is 12.1 Å². The van der Waals surface area contributed by atoms with Crippen LogP contribution in [-0.4, -0.2) is 56.0 Å². The monoisotopic (exact) mass is 521 g/mol. The van der Waals surface area contributed by atoms with Gasteiger partial charge in [0.25, 0.3) is 0 Å². The minimum atomic E-state index is -0.128. The Labute approximate surface area is 191 Å². The van der Waals surface area contributed by atoms with Crippen LogP contribution in [0, 0.1) is 3.57 Å². The molecule has 1 atom stereocenters. The van der Waals surface area contributed by atoms with Gasteiger partial charge >= 0.3 is 0 Å². The summed E-state index contributed by atoms with van der Waals surface area (Å²) in [6.07, 6.45) is 0.822. The van der Waals surface area contributed by atoms with Gasteiger partial charge < -0.3 is 26.2 Å². The molecule has 3 rings (SSSR count).